The highest BCUT2D eigenvalue weighted by Crippen LogP contribution is 2.22. The number of benzene rings is 1. The predicted molar refractivity (Wildman–Crippen MR) is 80.5 cm³/mol. The van der Waals surface area contributed by atoms with E-state index in [1.165, 1.54) is 25.3 Å². The number of rotatable bonds is 6. The van der Waals surface area contributed by atoms with E-state index < -0.39 is 11.6 Å². The number of anilines is 1. The van der Waals surface area contributed by atoms with Crippen molar-refractivity contribution in [1.29, 1.82) is 5.53 Å². The van der Waals surface area contributed by atoms with Crippen LogP contribution in [0.3, 0.4) is 0 Å². The molecular weight excluding hydrogens is 328 g/mol. The standard InChI is InChI=1S/C14H12ClF2N5O/c1-8-11(16)6-20-14(21-8)23-7-9(22-18)5-19-12-4-2-3-10(15)13(12)17/h2-6,18-19H,7H2,1H3/b9-5-,22-18?. The quantitative estimate of drug-likeness (QED) is 0.777. The first-order valence-corrected chi connectivity index (χ1v) is 6.78. The van der Waals surface area contributed by atoms with Crippen molar-refractivity contribution in [2.75, 3.05) is 11.9 Å². The molecule has 0 aliphatic rings. The summed E-state index contributed by atoms with van der Waals surface area (Å²) in [7, 11) is 0. The fourth-order valence-corrected chi connectivity index (χ4v) is 1.70. The molecule has 0 aliphatic carbocycles. The Hall–Kier alpha value is -2.61. The van der Waals surface area contributed by atoms with E-state index in [0.29, 0.717) is 0 Å². The van der Waals surface area contributed by atoms with Crippen LogP contribution in [-0.2, 0) is 0 Å². The van der Waals surface area contributed by atoms with Crippen molar-refractivity contribution in [3.63, 3.8) is 0 Å². The molecule has 0 fully saturated rings. The molecule has 1 aromatic carbocycles. The Kier molecular flexibility index (Phi) is 5.53. The van der Waals surface area contributed by atoms with Gasteiger partial charge in [-0.3, -0.25) is 0 Å². The molecule has 6 nitrogen and oxygen atoms in total. The summed E-state index contributed by atoms with van der Waals surface area (Å²) in [6.07, 6.45) is 2.27. The molecule has 2 N–H and O–H groups in total. The van der Waals surface area contributed by atoms with E-state index in [-0.39, 0.29) is 34.7 Å². The Balaban J connectivity index is 2.03. The van der Waals surface area contributed by atoms with E-state index in [1.807, 2.05) is 0 Å². The molecule has 0 amide bonds. The highest BCUT2D eigenvalue weighted by molar-refractivity contribution is 6.31. The van der Waals surface area contributed by atoms with E-state index in [0.717, 1.165) is 6.20 Å². The lowest BCUT2D eigenvalue weighted by molar-refractivity contribution is 0.317. The average Bonchev–Trinajstić information content (AvgIpc) is 2.54. The summed E-state index contributed by atoms with van der Waals surface area (Å²) in [6, 6.07) is 4.42. The van der Waals surface area contributed by atoms with Gasteiger partial charge in [-0.25, -0.2) is 19.3 Å². The molecule has 120 valence electrons. The third-order valence-corrected chi connectivity index (χ3v) is 3.03. The second kappa shape index (κ2) is 7.59. The highest BCUT2D eigenvalue weighted by Gasteiger charge is 2.07. The van der Waals surface area contributed by atoms with Crippen molar-refractivity contribution < 1.29 is 13.5 Å². The van der Waals surface area contributed by atoms with Crippen molar-refractivity contribution in [2.45, 2.75) is 6.92 Å². The molecule has 0 atom stereocenters. The van der Waals surface area contributed by atoms with Crippen molar-refractivity contribution in [3.8, 4) is 6.01 Å². The predicted octanol–water partition coefficient (Wildman–Crippen LogP) is 4.08. The number of halogens is 3. The summed E-state index contributed by atoms with van der Waals surface area (Å²) in [5.74, 6) is -1.16. The topological polar surface area (TPSA) is 83.2 Å². The first kappa shape index (κ1) is 16.8. The van der Waals surface area contributed by atoms with Gasteiger partial charge < -0.3 is 10.1 Å². The molecule has 1 aromatic heterocycles. The van der Waals surface area contributed by atoms with Crippen LogP contribution >= 0.6 is 11.6 Å². The minimum atomic E-state index is -0.617. The van der Waals surface area contributed by atoms with Crippen LogP contribution in [0.2, 0.25) is 5.02 Å². The summed E-state index contributed by atoms with van der Waals surface area (Å²) in [4.78, 5) is 7.44. The molecule has 0 bridgehead atoms. The SMILES string of the molecule is Cc1nc(OC/C(=C/Nc2cccc(Cl)c2F)N=N)ncc1F. The summed E-state index contributed by atoms with van der Waals surface area (Å²) in [5, 5.41) is 5.87. The number of nitrogens with zero attached hydrogens (tertiary/aromatic N) is 3. The van der Waals surface area contributed by atoms with E-state index in [4.69, 9.17) is 21.9 Å². The molecule has 2 aromatic rings. The molecule has 0 saturated heterocycles. The van der Waals surface area contributed by atoms with Gasteiger partial charge in [0.1, 0.15) is 12.3 Å². The van der Waals surface area contributed by atoms with Gasteiger partial charge in [0.05, 0.1) is 22.6 Å². The third kappa shape index (κ3) is 4.43. The minimum Gasteiger partial charge on any atom is -0.457 e. The summed E-state index contributed by atoms with van der Waals surface area (Å²) in [5.41, 5.74) is 7.50. The number of aromatic nitrogens is 2. The van der Waals surface area contributed by atoms with E-state index in [9.17, 15) is 8.78 Å². The van der Waals surface area contributed by atoms with Gasteiger partial charge in [0.2, 0.25) is 0 Å². The zero-order valence-corrected chi connectivity index (χ0v) is 12.7. The van der Waals surface area contributed by atoms with Crippen molar-refractivity contribution in [1.82, 2.24) is 9.97 Å². The normalized spacial score (nSPS) is 11.2. The zero-order chi connectivity index (χ0) is 16.8. The van der Waals surface area contributed by atoms with Crippen LogP contribution in [0.15, 0.2) is 41.4 Å². The second-order valence-corrected chi connectivity index (χ2v) is 4.77. The van der Waals surface area contributed by atoms with Gasteiger partial charge in [-0.1, -0.05) is 17.7 Å². The van der Waals surface area contributed by atoms with Gasteiger partial charge in [0.15, 0.2) is 11.6 Å². The van der Waals surface area contributed by atoms with Crippen LogP contribution < -0.4 is 10.1 Å². The van der Waals surface area contributed by atoms with Gasteiger partial charge in [0.25, 0.3) is 0 Å². The zero-order valence-electron chi connectivity index (χ0n) is 12.0. The number of hydrogen-bond donors (Lipinski definition) is 2. The highest BCUT2D eigenvalue weighted by atomic mass is 35.5. The Morgan fingerprint density at radius 1 is 1.48 bits per heavy atom. The van der Waals surface area contributed by atoms with Crippen LogP contribution in [0.1, 0.15) is 5.69 Å². The summed E-state index contributed by atoms with van der Waals surface area (Å²) >= 11 is 5.66. The van der Waals surface area contributed by atoms with Gasteiger partial charge in [-0.15, -0.1) is 0 Å². The van der Waals surface area contributed by atoms with Gasteiger partial charge in [0, 0.05) is 6.20 Å². The van der Waals surface area contributed by atoms with Crippen molar-refractivity contribution in [3.05, 3.63) is 58.6 Å². The largest absolute Gasteiger partial charge is 0.457 e. The maximum Gasteiger partial charge on any atom is 0.317 e. The Labute approximate surface area is 135 Å². The lowest BCUT2D eigenvalue weighted by Gasteiger charge is -2.07. The van der Waals surface area contributed by atoms with Crippen molar-refractivity contribution in [2.24, 2.45) is 5.11 Å². The van der Waals surface area contributed by atoms with Crippen molar-refractivity contribution >= 4 is 17.3 Å². The fraction of sp³-hybridized carbons (Fsp3) is 0.143. The number of nitrogens with one attached hydrogen (secondary N) is 2. The van der Waals surface area contributed by atoms with Crippen LogP contribution in [0.5, 0.6) is 6.01 Å². The Morgan fingerprint density at radius 3 is 2.96 bits per heavy atom. The molecule has 0 unspecified atom stereocenters. The molecular formula is C14H12ClF2N5O. The molecule has 0 radical (unpaired) electrons. The average molecular weight is 340 g/mol. The first-order chi connectivity index (χ1) is 11.0. The van der Waals surface area contributed by atoms with Gasteiger partial charge >= 0.3 is 6.01 Å². The maximum absolute atomic E-state index is 13.7. The van der Waals surface area contributed by atoms with E-state index in [1.54, 1.807) is 6.07 Å². The van der Waals surface area contributed by atoms with E-state index >= 15 is 0 Å². The first-order valence-electron chi connectivity index (χ1n) is 6.40. The second-order valence-electron chi connectivity index (χ2n) is 4.37. The molecule has 1 heterocycles. The smallest absolute Gasteiger partial charge is 0.317 e. The van der Waals surface area contributed by atoms with E-state index in [2.05, 4.69) is 20.4 Å². The number of hydrogen-bond acceptors (Lipinski definition) is 6. The Bertz CT molecular complexity index is 754. The molecule has 9 heteroatoms. The summed E-state index contributed by atoms with van der Waals surface area (Å²) < 4.78 is 32.0. The number of aryl methyl sites for hydroxylation is 1. The third-order valence-electron chi connectivity index (χ3n) is 2.74. The lowest BCUT2D eigenvalue weighted by Crippen LogP contribution is -2.06. The van der Waals surface area contributed by atoms with Crippen LogP contribution in [0, 0.1) is 24.1 Å². The monoisotopic (exact) mass is 339 g/mol. The minimum absolute atomic E-state index is 0.0285. The lowest BCUT2D eigenvalue weighted by atomic mass is 10.3. The molecule has 23 heavy (non-hydrogen) atoms. The maximum atomic E-state index is 13.7. The summed E-state index contributed by atoms with van der Waals surface area (Å²) in [6.45, 7) is 1.32. The van der Waals surface area contributed by atoms with Gasteiger partial charge in [-0.05, 0) is 19.1 Å². The van der Waals surface area contributed by atoms with Crippen LogP contribution in [0.4, 0.5) is 14.5 Å². The fourth-order valence-electron chi connectivity index (χ4n) is 1.52. The van der Waals surface area contributed by atoms with Crippen LogP contribution in [0.25, 0.3) is 0 Å². The van der Waals surface area contributed by atoms with Gasteiger partial charge in [-0.2, -0.15) is 10.1 Å². The van der Waals surface area contributed by atoms with Crippen LogP contribution in [-0.4, -0.2) is 16.6 Å². The molecule has 0 spiro atoms. The number of ether oxygens (including phenoxy) is 1. The molecule has 0 saturated carbocycles. The Morgan fingerprint density at radius 2 is 2.26 bits per heavy atom. The molecule has 2 rings (SSSR count). The molecule has 0 aliphatic heterocycles.